The van der Waals surface area contributed by atoms with Crippen LogP contribution in [0.15, 0.2) is 40.2 Å². The fourth-order valence-corrected chi connectivity index (χ4v) is 4.30. The van der Waals surface area contributed by atoms with Crippen molar-refractivity contribution in [1.29, 1.82) is 0 Å². The van der Waals surface area contributed by atoms with Crippen molar-refractivity contribution >= 4 is 15.7 Å². The van der Waals surface area contributed by atoms with Crippen LogP contribution in [0.4, 0.5) is 5.82 Å². The first kappa shape index (κ1) is 19.1. The molecule has 3 heterocycles. The third-order valence-corrected chi connectivity index (χ3v) is 6.41. The molecule has 2 aliphatic rings. The van der Waals surface area contributed by atoms with Crippen LogP contribution in [0.3, 0.4) is 0 Å². The maximum absolute atomic E-state index is 13.1. The van der Waals surface area contributed by atoms with E-state index < -0.39 is 9.84 Å². The van der Waals surface area contributed by atoms with Crippen LogP contribution in [0.25, 0.3) is 5.69 Å². The van der Waals surface area contributed by atoms with E-state index in [0.717, 1.165) is 44.7 Å². The minimum Gasteiger partial charge on any atom is -0.380 e. The Hall–Kier alpha value is -2.23. The van der Waals surface area contributed by atoms with Crippen molar-refractivity contribution in [3.63, 3.8) is 0 Å². The average molecular weight is 404 g/mol. The second-order valence-corrected chi connectivity index (χ2v) is 9.75. The van der Waals surface area contributed by atoms with E-state index in [1.165, 1.54) is 12.1 Å². The van der Waals surface area contributed by atoms with Gasteiger partial charge in [0.15, 0.2) is 15.7 Å². The highest BCUT2D eigenvalue weighted by atomic mass is 32.2. The zero-order chi connectivity index (χ0) is 19.9. The maximum Gasteiger partial charge on any atom is 0.298 e. The molecule has 2 aliphatic heterocycles. The monoisotopic (exact) mass is 404 g/mol. The van der Waals surface area contributed by atoms with Gasteiger partial charge in [-0.3, -0.25) is 9.36 Å². The van der Waals surface area contributed by atoms with Crippen molar-refractivity contribution < 1.29 is 13.2 Å². The summed E-state index contributed by atoms with van der Waals surface area (Å²) in [7, 11) is -3.29. The quantitative estimate of drug-likeness (QED) is 0.741. The highest BCUT2D eigenvalue weighted by Crippen LogP contribution is 2.38. The average Bonchev–Trinajstić information content (AvgIpc) is 2.59. The van der Waals surface area contributed by atoms with Crippen LogP contribution in [0.5, 0.6) is 0 Å². The van der Waals surface area contributed by atoms with Crippen LogP contribution >= 0.6 is 0 Å². The summed E-state index contributed by atoms with van der Waals surface area (Å²) in [6.07, 6.45) is 4.33. The van der Waals surface area contributed by atoms with E-state index in [1.54, 1.807) is 22.9 Å². The summed E-state index contributed by atoms with van der Waals surface area (Å²) in [5.74, 6) is 0.430. The van der Waals surface area contributed by atoms with E-state index in [1.807, 2.05) is 4.90 Å². The smallest absolute Gasteiger partial charge is 0.298 e. The van der Waals surface area contributed by atoms with Crippen LogP contribution in [-0.2, 0) is 21.0 Å². The summed E-state index contributed by atoms with van der Waals surface area (Å²) < 4.78 is 30.2. The van der Waals surface area contributed by atoms with Crippen LogP contribution in [-0.4, -0.2) is 57.1 Å². The molecule has 0 radical (unpaired) electrons. The number of aromatic nitrogens is 2. The predicted molar refractivity (Wildman–Crippen MR) is 106 cm³/mol. The van der Waals surface area contributed by atoms with Crippen LogP contribution < -0.4 is 16.2 Å². The number of aryl methyl sites for hydroxylation is 1. The molecule has 0 amide bonds. The lowest BCUT2D eigenvalue weighted by Gasteiger charge is -2.55. The summed E-state index contributed by atoms with van der Waals surface area (Å²) in [5, 5.41) is 0. The summed E-state index contributed by atoms with van der Waals surface area (Å²) >= 11 is 0. The first-order chi connectivity index (χ1) is 13.3. The van der Waals surface area contributed by atoms with Gasteiger partial charge in [0.05, 0.1) is 29.2 Å². The van der Waals surface area contributed by atoms with Crippen molar-refractivity contribution in [2.45, 2.75) is 17.7 Å². The number of hydrogen-bond acceptors (Lipinski definition) is 7. The zero-order valence-corrected chi connectivity index (χ0v) is 16.6. The van der Waals surface area contributed by atoms with E-state index in [0.29, 0.717) is 24.5 Å². The third-order valence-electron chi connectivity index (χ3n) is 5.29. The van der Waals surface area contributed by atoms with Gasteiger partial charge in [-0.25, -0.2) is 13.4 Å². The van der Waals surface area contributed by atoms with Crippen molar-refractivity contribution in [3.05, 3.63) is 46.5 Å². The van der Waals surface area contributed by atoms with Crippen LogP contribution in [0.2, 0.25) is 0 Å². The van der Waals surface area contributed by atoms with E-state index in [-0.39, 0.29) is 15.9 Å². The van der Waals surface area contributed by atoms with E-state index in [4.69, 9.17) is 10.5 Å². The molecule has 2 saturated heterocycles. The molecule has 28 heavy (non-hydrogen) atoms. The Morgan fingerprint density at radius 2 is 1.89 bits per heavy atom. The largest absolute Gasteiger partial charge is 0.380 e. The van der Waals surface area contributed by atoms with Gasteiger partial charge in [-0.15, -0.1) is 0 Å². The van der Waals surface area contributed by atoms with E-state index in [2.05, 4.69) is 4.98 Å². The first-order valence-electron chi connectivity index (χ1n) is 9.27. The first-order valence-corrected chi connectivity index (χ1v) is 11.2. The molecule has 0 atom stereocenters. The normalized spacial score (nSPS) is 18.0. The molecule has 4 rings (SSSR count). The molecule has 1 aromatic heterocycles. The third kappa shape index (κ3) is 3.45. The SMILES string of the molecule is CS(=O)(=O)c1ccc(-n2cc(CCCN)nc(N3CC4(COC4)C3)c2=O)cc1. The van der Waals surface area contributed by atoms with Gasteiger partial charge in [-0.2, -0.15) is 0 Å². The van der Waals surface area contributed by atoms with Crippen molar-refractivity contribution in [2.75, 3.05) is 44.0 Å². The Morgan fingerprint density at radius 3 is 2.43 bits per heavy atom. The lowest BCUT2D eigenvalue weighted by molar-refractivity contribution is -0.127. The molecule has 1 spiro atoms. The molecule has 9 heteroatoms. The van der Waals surface area contributed by atoms with Gasteiger partial charge in [-0.1, -0.05) is 0 Å². The minimum absolute atomic E-state index is 0.170. The van der Waals surface area contributed by atoms with Gasteiger partial charge in [0.2, 0.25) is 0 Å². The van der Waals surface area contributed by atoms with Gasteiger partial charge in [-0.05, 0) is 43.7 Å². The van der Waals surface area contributed by atoms with Crippen molar-refractivity contribution in [1.82, 2.24) is 9.55 Å². The number of rotatable bonds is 6. The lowest BCUT2D eigenvalue weighted by Crippen LogP contribution is -2.67. The zero-order valence-electron chi connectivity index (χ0n) is 15.8. The number of benzene rings is 1. The van der Waals surface area contributed by atoms with Crippen LogP contribution in [0, 0.1) is 5.41 Å². The highest BCUT2D eigenvalue weighted by Gasteiger charge is 2.50. The Kier molecular flexibility index (Phi) is 4.76. The Morgan fingerprint density at radius 1 is 1.21 bits per heavy atom. The lowest BCUT2D eigenvalue weighted by atomic mass is 9.78. The molecule has 0 bridgehead atoms. The number of sulfone groups is 1. The number of nitrogens with two attached hydrogens (primary N) is 1. The molecule has 2 aromatic rings. The molecule has 150 valence electrons. The number of hydrogen-bond donors (Lipinski definition) is 1. The Balaban J connectivity index is 1.71. The molecular weight excluding hydrogens is 380 g/mol. The van der Waals surface area contributed by atoms with Gasteiger partial charge < -0.3 is 15.4 Å². The Bertz CT molecular complexity index is 1030. The molecule has 0 aliphatic carbocycles. The fourth-order valence-electron chi connectivity index (χ4n) is 3.67. The Labute approximate surface area is 163 Å². The number of anilines is 1. The fraction of sp³-hybridized carbons (Fsp3) is 0.474. The molecule has 1 aromatic carbocycles. The molecule has 0 saturated carbocycles. The summed E-state index contributed by atoms with van der Waals surface area (Å²) in [4.78, 5) is 19.9. The standard InChI is InChI=1S/C19H24N4O4S/c1-28(25,26)16-6-4-15(5-7-16)23-9-14(3-2-8-20)21-17(18(23)24)22-10-19(11-22)12-27-13-19/h4-7,9H,2-3,8,10-13,20H2,1H3. The summed E-state index contributed by atoms with van der Waals surface area (Å²) in [6, 6.07) is 6.32. The summed E-state index contributed by atoms with van der Waals surface area (Å²) in [5.41, 5.74) is 6.99. The molecular formula is C19H24N4O4S. The van der Waals surface area contributed by atoms with Gasteiger partial charge in [0, 0.05) is 31.2 Å². The minimum atomic E-state index is -3.29. The maximum atomic E-state index is 13.1. The topological polar surface area (TPSA) is 108 Å². The second kappa shape index (κ2) is 6.98. The predicted octanol–water partition coefficient (Wildman–Crippen LogP) is 0.364. The van der Waals surface area contributed by atoms with E-state index >= 15 is 0 Å². The number of nitrogens with zero attached hydrogens (tertiary/aromatic N) is 3. The molecule has 8 nitrogen and oxygen atoms in total. The van der Waals surface area contributed by atoms with Crippen molar-refractivity contribution in [3.8, 4) is 5.69 Å². The number of ether oxygens (including phenoxy) is 1. The van der Waals surface area contributed by atoms with Gasteiger partial charge in [0.1, 0.15) is 0 Å². The van der Waals surface area contributed by atoms with E-state index in [9.17, 15) is 13.2 Å². The highest BCUT2D eigenvalue weighted by molar-refractivity contribution is 7.90. The second-order valence-electron chi connectivity index (χ2n) is 7.74. The van der Waals surface area contributed by atoms with Gasteiger partial charge >= 0.3 is 0 Å². The van der Waals surface area contributed by atoms with Crippen molar-refractivity contribution in [2.24, 2.45) is 11.1 Å². The van der Waals surface area contributed by atoms with Crippen LogP contribution in [0.1, 0.15) is 12.1 Å². The molecule has 2 N–H and O–H groups in total. The molecule has 2 fully saturated rings. The summed E-state index contributed by atoms with van der Waals surface area (Å²) in [6.45, 7) is 3.55. The molecule has 0 unspecified atom stereocenters. The van der Waals surface area contributed by atoms with Gasteiger partial charge in [0.25, 0.3) is 5.56 Å².